The standard InChI is InChI=1S/C18H12ClFN2S/c19-14-8-12(3-5-15(14)20)18-13(2-1-7-21-18)11-4-6-16-17(9-11)23-10-22-16/h1-10,16-17H. The summed E-state index contributed by atoms with van der Waals surface area (Å²) in [5.41, 5.74) is 5.62. The molecule has 0 saturated heterocycles. The Kier molecular flexibility index (Phi) is 3.79. The van der Waals surface area contributed by atoms with Gasteiger partial charge in [-0.2, -0.15) is 0 Å². The summed E-state index contributed by atoms with van der Waals surface area (Å²) in [4.78, 5) is 8.91. The molecule has 114 valence electrons. The summed E-state index contributed by atoms with van der Waals surface area (Å²) in [5, 5.41) is 0.437. The van der Waals surface area contributed by atoms with E-state index in [0.29, 0.717) is 5.25 Å². The van der Waals surface area contributed by atoms with E-state index in [1.807, 2.05) is 17.7 Å². The number of hydrogen-bond acceptors (Lipinski definition) is 3. The van der Waals surface area contributed by atoms with Gasteiger partial charge < -0.3 is 0 Å². The SMILES string of the molecule is Fc1ccc(-c2ncccc2C2=CC3SC=NC3C=C2)cc1Cl. The maximum atomic E-state index is 13.4. The van der Waals surface area contributed by atoms with Crippen LogP contribution in [0.1, 0.15) is 5.56 Å². The van der Waals surface area contributed by atoms with E-state index in [0.717, 1.165) is 22.4 Å². The molecular formula is C18H12ClFN2S. The first-order valence-corrected chi connectivity index (χ1v) is 8.52. The molecule has 0 radical (unpaired) electrons. The van der Waals surface area contributed by atoms with Gasteiger partial charge in [-0.25, -0.2) is 4.39 Å². The smallest absolute Gasteiger partial charge is 0.141 e. The largest absolute Gasteiger partial charge is 0.277 e. The normalized spacial score (nSPS) is 22.1. The Morgan fingerprint density at radius 2 is 2.13 bits per heavy atom. The van der Waals surface area contributed by atoms with E-state index in [1.54, 1.807) is 30.1 Å². The van der Waals surface area contributed by atoms with Crippen LogP contribution < -0.4 is 0 Å². The first kappa shape index (κ1) is 14.7. The number of halogens is 2. The van der Waals surface area contributed by atoms with Crippen molar-refractivity contribution in [2.45, 2.75) is 11.3 Å². The number of aliphatic imine (C=N–C) groups is 1. The van der Waals surface area contributed by atoms with Crippen LogP contribution in [0, 0.1) is 5.82 Å². The second kappa shape index (κ2) is 5.95. The zero-order chi connectivity index (χ0) is 15.8. The molecule has 0 amide bonds. The van der Waals surface area contributed by atoms with E-state index >= 15 is 0 Å². The number of aromatic nitrogens is 1. The average molecular weight is 343 g/mol. The van der Waals surface area contributed by atoms with Crippen LogP contribution in [-0.4, -0.2) is 21.8 Å². The molecule has 2 aromatic rings. The van der Waals surface area contributed by atoms with Crippen LogP contribution in [0.4, 0.5) is 4.39 Å². The van der Waals surface area contributed by atoms with Gasteiger partial charge in [-0.15, -0.1) is 11.8 Å². The van der Waals surface area contributed by atoms with Crippen molar-refractivity contribution in [3.8, 4) is 11.3 Å². The minimum Gasteiger partial charge on any atom is -0.277 e. The lowest BCUT2D eigenvalue weighted by molar-refractivity contribution is 0.628. The number of pyridine rings is 1. The van der Waals surface area contributed by atoms with Crippen LogP contribution in [0.15, 0.2) is 59.7 Å². The highest BCUT2D eigenvalue weighted by atomic mass is 35.5. The van der Waals surface area contributed by atoms with Crippen LogP contribution in [0.25, 0.3) is 16.8 Å². The van der Waals surface area contributed by atoms with Crippen LogP contribution in [-0.2, 0) is 0 Å². The lowest BCUT2D eigenvalue weighted by Crippen LogP contribution is -2.15. The highest BCUT2D eigenvalue weighted by Crippen LogP contribution is 2.36. The number of hydrogen-bond donors (Lipinski definition) is 0. The molecule has 1 aliphatic carbocycles. The summed E-state index contributed by atoms with van der Waals surface area (Å²) < 4.78 is 13.4. The lowest BCUT2D eigenvalue weighted by atomic mass is 9.94. The Bertz CT molecular complexity index is 860. The number of rotatable bonds is 2. The van der Waals surface area contributed by atoms with Crippen molar-refractivity contribution >= 4 is 34.5 Å². The topological polar surface area (TPSA) is 25.2 Å². The molecule has 2 unspecified atom stereocenters. The van der Waals surface area contributed by atoms with Crippen LogP contribution in [0.5, 0.6) is 0 Å². The van der Waals surface area contributed by atoms with Crippen molar-refractivity contribution in [3.05, 3.63) is 71.2 Å². The molecule has 23 heavy (non-hydrogen) atoms. The summed E-state index contributed by atoms with van der Waals surface area (Å²) in [6.45, 7) is 0. The van der Waals surface area contributed by atoms with Crippen molar-refractivity contribution in [2.24, 2.45) is 4.99 Å². The summed E-state index contributed by atoms with van der Waals surface area (Å²) in [6, 6.07) is 8.85. The highest BCUT2D eigenvalue weighted by Gasteiger charge is 2.25. The molecule has 0 saturated carbocycles. The molecule has 1 aromatic carbocycles. The third-order valence-corrected chi connectivity index (χ3v) is 5.18. The second-order valence-corrected chi connectivity index (χ2v) is 6.79. The Morgan fingerprint density at radius 3 is 3.00 bits per heavy atom. The van der Waals surface area contributed by atoms with E-state index in [-0.39, 0.29) is 11.1 Å². The lowest BCUT2D eigenvalue weighted by Gasteiger charge is -2.18. The van der Waals surface area contributed by atoms with Crippen molar-refractivity contribution < 1.29 is 4.39 Å². The van der Waals surface area contributed by atoms with Crippen molar-refractivity contribution in [1.29, 1.82) is 0 Å². The number of nitrogens with zero attached hydrogens (tertiary/aromatic N) is 2. The molecule has 2 atom stereocenters. The molecule has 2 nitrogen and oxygen atoms in total. The van der Waals surface area contributed by atoms with Gasteiger partial charge in [0.25, 0.3) is 0 Å². The Morgan fingerprint density at radius 1 is 1.22 bits per heavy atom. The molecule has 2 aliphatic rings. The first-order chi connectivity index (χ1) is 11.2. The van der Waals surface area contributed by atoms with E-state index in [4.69, 9.17) is 11.6 Å². The van der Waals surface area contributed by atoms with Gasteiger partial charge in [-0.1, -0.05) is 35.9 Å². The number of fused-ring (bicyclic) bond motifs is 1. The molecule has 0 fully saturated rings. The van der Waals surface area contributed by atoms with Gasteiger partial charge in [0.05, 0.1) is 27.6 Å². The highest BCUT2D eigenvalue weighted by molar-refractivity contribution is 8.13. The van der Waals surface area contributed by atoms with Crippen LogP contribution >= 0.6 is 23.4 Å². The minimum atomic E-state index is -0.424. The quantitative estimate of drug-likeness (QED) is 0.766. The number of thioether (sulfide) groups is 1. The molecule has 4 rings (SSSR count). The predicted octanol–water partition coefficient (Wildman–Crippen LogP) is 5.01. The summed E-state index contributed by atoms with van der Waals surface area (Å²) in [6.07, 6.45) is 8.15. The van der Waals surface area contributed by atoms with E-state index in [9.17, 15) is 4.39 Å². The molecule has 2 heterocycles. The minimum absolute atomic E-state index is 0.104. The molecule has 0 N–H and O–H groups in total. The summed E-state index contributed by atoms with van der Waals surface area (Å²) in [7, 11) is 0. The third-order valence-electron chi connectivity index (χ3n) is 3.92. The first-order valence-electron chi connectivity index (χ1n) is 7.20. The van der Waals surface area contributed by atoms with Gasteiger partial charge in [0.15, 0.2) is 0 Å². The van der Waals surface area contributed by atoms with Gasteiger partial charge in [0.1, 0.15) is 5.82 Å². The Balaban J connectivity index is 1.79. The van der Waals surface area contributed by atoms with Gasteiger partial charge in [0, 0.05) is 17.3 Å². The molecule has 0 spiro atoms. The van der Waals surface area contributed by atoms with Crippen LogP contribution in [0.3, 0.4) is 0 Å². The zero-order valence-corrected chi connectivity index (χ0v) is 13.6. The fraction of sp³-hybridized carbons (Fsp3) is 0.111. The predicted molar refractivity (Wildman–Crippen MR) is 95.4 cm³/mol. The van der Waals surface area contributed by atoms with Crippen molar-refractivity contribution in [1.82, 2.24) is 4.98 Å². The van der Waals surface area contributed by atoms with Crippen LogP contribution in [0.2, 0.25) is 5.02 Å². The summed E-state index contributed by atoms with van der Waals surface area (Å²) >= 11 is 7.64. The fourth-order valence-electron chi connectivity index (χ4n) is 2.76. The summed E-state index contributed by atoms with van der Waals surface area (Å²) in [5.74, 6) is -0.424. The van der Waals surface area contributed by atoms with Gasteiger partial charge >= 0.3 is 0 Å². The van der Waals surface area contributed by atoms with Crippen molar-refractivity contribution in [2.75, 3.05) is 0 Å². The average Bonchev–Trinajstić information content (AvgIpc) is 3.05. The Hall–Kier alpha value is -1.91. The monoisotopic (exact) mass is 342 g/mol. The molecule has 1 aliphatic heterocycles. The molecular weight excluding hydrogens is 331 g/mol. The Labute approximate surface area is 142 Å². The third kappa shape index (κ3) is 2.73. The van der Waals surface area contributed by atoms with E-state index in [2.05, 4.69) is 28.2 Å². The molecule has 5 heteroatoms. The van der Waals surface area contributed by atoms with Gasteiger partial charge in [-0.3, -0.25) is 9.98 Å². The second-order valence-electron chi connectivity index (χ2n) is 5.36. The zero-order valence-electron chi connectivity index (χ0n) is 12.0. The van der Waals surface area contributed by atoms with Gasteiger partial charge in [0.2, 0.25) is 0 Å². The fourth-order valence-corrected chi connectivity index (χ4v) is 3.84. The number of allylic oxidation sites excluding steroid dienone is 2. The van der Waals surface area contributed by atoms with E-state index < -0.39 is 5.82 Å². The maximum Gasteiger partial charge on any atom is 0.141 e. The van der Waals surface area contributed by atoms with Crippen molar-refractivity contribution in [3.63, 3.8) is 0 Å². The molecule has 0 bridgehead atoms. The maximum absolute atomic E-state index is 13.4. The molecule has 1 aromatic heterocycles. The number of benzene rings is 1. The van der Waals surface area contributed by atoms with E-state index in [1.165, 1.54) is 6.07 Å². The van der Waals surface area contributed by atoms with Gasteiger partial charge in [-0.05, 0) is 29.8 Å².